The van der Waals surface area contributed by atoms with Crippen LogP contribution in [0.2, 0.25) is 0 Å². The van der Waals surface area contributed by atoms with Gasteiger partial charge in [-0.05, 0) is 10.4 Å². The highest BCUT2D eigenvalue weighted by molar-refractivity contribution is 5.77. The molecule has 0 amide bonds. The van der Waals surface area contributed by atoms with E-state index in [1.165, 1.54) is 0 Å². The number of nitrogens with zero attached hydrogens (tertiary/aromatic N) is 4. The quantitative estimate of drug-likeness (QED) is 0.498. The fourth-order valence-electron chi connectivity index (χ4n) is 0.282. The average Bonchev–Trinajstić information content (AvgIpc) is 2.16. The lowest BCUT2D eigenvalue weighted by molar-refractivity contribution is -0.142. The monoisotopic (exact) mass is 129 g/mol. The number of rotatable bonds is 1. The Labute approximate surface area is 49.3 Å². The highest BCUT2D eigenvalue weighted by atomic mass is 16.4. The van der Waals surface area contributed by atoms with E-state index in [1.807, 2.05) is 0 Å². The van der Waals surface area contributed by atoms with Crippen LogP contribution in [0.4, 0.5) is 0 Å². The van der Waals surface area contributed by atoms with Gasteiger partial charge < -0.3 is 5.11 Å². The van der Waals surface area contributed by atoms with Crippen molar-refractivity contribution in [3.63, 3.8) is 0 Å². The molecular formula is C2H3N5O2. The maximum atomic E-state index is 10.1. The highest BCUT2D eigenvalue weighted by Gasteiger charge is 2.37. The Morgan fingerprint density at radius 3 is 2.11 bits per heavy atom. The first-order valence-corrected chi connectivity index (χ1v) is 2.01. The zero-order chi connectivity index (χ0) is 6.91. The predicted molar refractivity (Wildman–Crippen MR) is 24.3 cm³/mol. The van der Waals surface area contributed by atoms with E-state index in [4.69, 9.17) is 10.8 Å². The molecule has 0 bridgehead atoms. The molecule has 0 atom stereocenters. The van der Waals surface area contributed by atoms with Gasteiger partial charge in [0, 0.05) is 0 Å². The van der Waals surface area contributed by atoms with Gasteiger partial charge in [-0.1, -0.05) is 0 Å². The number of aliphatic carboxylic acids is 1. The minimum absolute atomic E-state index is 1.37. The van der Waals surface area contributed by atoms with Crippen molar-refractivity contribution in [3.05, 3.63) is 0 Å². The number of carboxylic acid groups (broad SMARTS) is 1. The van der Waals surface area contributed by atoms with Crippen molar-refractivity contribution in [1.29, 1.82) is 0 Å². The molecule has 0 saturated heterocycles. The first kappa shape index (κ1) is 5.76. The van der Waals surface area contributed by atoms with Crippen LogP contribution < -0.4 is 5.73 Å². The van der Waals surface area contributed by atoms with Gasteiger partial charge in [0.15, 0.2) is 0 Å². The van der Waals surface area contributed by atoms with E-state index < -0.39 is 11.8 Å². The van der Waals surface area contributed by atoms with Crippen LogP contribution in [-0.2, 0) is 4.79 Å². The lowest BCUT2D eigenvalue weighted by atomic mass is 10.4. The van der Waals surface area contributed by atoms with Crippen LogP contribution in [0.1, 0.15) is 0 Å². The standard InChI is InChI=1S/C2H3N5O2/c3-2(1(8)9)4-6-7-5-2/h3H2,(H,8,9). The normalized spacial score (nSPS) is 20.6. The molecule has 1 aliphatic rings. The van der Waals surface area contributed by atoms with Crippen LogP contribution in [0.15, 0.2) is 20.7 Å². The molecule has 0 aromatic heterocycles. The fourth-order valence-corrected chi connectivity index (χ4v) is 0.282. The second-order valence-corrected chi connectivity index (χ2v) is 1.41. The van der Waals surface area contributed by atoms with Crippen molar-refractivity contribution >= 4 is 5.97 Å². The van der Waals surface area contributed by atoms with E-state index in [-0.39, 0.29) is 0 Å². The van der Waals surface area contributed by atoms with Gasteiger partial charge in [-0.15, -0.1) is 10.2 Å². The zero-order valence-electron chi connectivity index (χ0n) is 4.22. The van der Waals surface area contributed by atoms with E-state index in [0.29, 0.717) is 0 Å². The molecule has 1 rings (SSSR count). The minimum Gasteiger partial charge on any atom is -0.477 e. The predicted octanol–water partition coefficient (Wildman–Crippen LogP) is -0.484. The molecule has 0 saturated carbocycles. The topological polar surface area (TPSA) is 113 Å². The summed E-state index contributed by atoms with van der Waals surface area (Å²) in [4.78, 5) is 10.1. The Morgan fingerprint density at radius 1 is 1.44 bits per heavy atom. The summed E-state index contributed by atoms with van der Waals surface area (Å²) in [5.74, 6) is -3.34. The third kappa shape index (κ3) is 0.765. The Bertz CT molecular complexity index is 183. The summed E-state index contributed by atoms with van der Waals surface area (Å²) in [6.45, 7) is 0. The van der Waals surface area contributed by atoms with Gasteiger partial charge in [-0.25, -0.2) is 4.79 Å². The summed E-state index contributed by atoms with van der Waals surface area (Å²) in [5.41, 5.74) is 4.98. The lowest BCUT2D eigenvalue weighted by Gasteiger charge is -2.03. The molecule has 1 aliphatic heterocycles. The first-order valence-electron chi connectivity index (χ1n) is 2.01. The second kappa shape index (κ2) is 1.55. The second-order valence-electron chi connectivity index (χ2n) is 1.41. The largest absolute Gasteiger partial charge is 0.477 e. The fraction of sp³-hybridized carbons (Fsp3) is 0.500. The minimum atomic E-state index is -1.97. The van der Waals surface area contributed by atoms with Crippen LogP contribution in [0.25, 0.3) is 0 Å². The smallest absolute Gasteiger partial charge is 0.374 e. The summed E-state index contributed by atoms with van der Waals surface area (Å²) in [7, 11) is 0. The summed E-state index contributed by atoms with van der Waals surface area (Å²) in [6, 6.07) is 0. The number of hydrogen-bond donors (Lipinski definition) is 2. The average molecular weight is 129 g/mol. The molecule has 0 aromatic rings. The van der Waals surface area contributed by atoms with Gasteiger partial charge in [0.05, 0.1) is 0 Å². The SMILES string of the molecule is NC1(C(=O)O)N=NN=N1. The van der Waals surface area contributed by atoms with E-state index in [0.717, 1.165) is 0 Å². The van der Waals surface area contributed by atoms with Crippen molar-refractivity contribution in [2.24, 2.45) is 26.4 Å². The van der Waals surface area contributed by atoms with Crippen molar-refractivity contribution in [3.8, 4) is 0 Å². The molecule has 0 spiro atoms. The molecule has 0 aromatic carbocycles. The number of carboxylic acids is 1. The molecule has 9 heavy (non-hydrogen) atoms. The molecule has 0 radical (unpaired) electrons. The first-order chi connectivity index (χ1) is 4.15. The van der Waals surface area contributed by atoms with Gasteiger partial charge in [-0.2, -0.15) is 0 Å². The van der Waals surface area contributed by atoms with Crippen LogP contribution in [-0.4, -0.2) is 16.9 Å². The van der Waals surface area contributed by atoms with Crippen LogP contribution in [0.5, 0.6) is 0 Å². The Kier molecular flexibility index (Phi) is 0.995. The van der Waals surface area contributed by atoms with E-state index in [1.54, 1.807) is 0 Å². The van der Waals surface area contributed by atoms with Crippen molar-refractivity contribution in [2.75, 3.05) is 0 Å². The zero-order valence-corrected chi connectivity index (χ0v) is 4.22. The summed E-state index contributed by atoms with van der Waals surface area (Å²) in [6.07, 6.45) is 0. The van der Waals surface area contributed by atoms with Gasteiger partial charge in [0.25, 0.3) is 0 Å². The van der Waals surface area contributed by atoms with Gasteiger partial charge in [0.2, 0.25) is 0 Å². The maximum Gasteiger partial charge on any atom is 0.374 e. The highest BCUT2D eigenvalue weighted by Crippen LogP contribution is 2.12. The Balaban J connectivity index is 2.88. The van der Waals surface area contributed by atoms with Crippen molar-refractivity contribution in [2.45, 2.75) is 5.79 Å². The van der Waals surface area contributed by atoms with Gasteiger partial charge in [0.1, 0.15) is 0 Å². The number of nitrogens with two attached hydrogens (primary N) is 1. The van der Waals surface area contributed by atoms with Crippen molar-refractivity contribution < 1.29 is 9.90 Å². The molecular weight excluding hydrogens is 126 g/mol. The third-order valence-corrected chi connectivity index (χ3v) is 0.749. The lowest BCUT2D eigenvalue weighted by Crippen LogP contribution is -2.42. The van der Waals surface area contributed by atoms with Crippen LogP contribution in [0, 0.1) is 0 Å². The van der Waals surface area contributed by atoms with Crippen LogP contribution in [0.3, 0.4) is 0 Å². The molecule has 3 N–H and O–H groups in total. The van der Waals surface area contributed by atoms with E-state index >= 15 is 0 Å². The molecule has 0 fully saturated rings. The van der Waals surface area contributed by atoms with Gasteiger partial charge in [-0.3, -0.25) is 5.73 Å². The Morgan fingerprint density at radius 2 is 1.89 bits per heavy atom. The molecule has 0 aliphatic carbocycles. The molecule has 0 unspecified atom stereocenters. The van der Waals surface area contributed by atoms with E-state index in [9.17, 15) is 4.79 Å². The molecule has 7 heteroatoms. The van der Waals surface area contributed by atoms with Crippen LogP contribution >= 0.6 is 0 Å². The Hall–Kier alpha value is -1.37. The van der Waals surface area contributed by atoms with Crippen molar-refractivity contribution in [1.82, 2.24) is 0 Å². The summed E-state index contributed by atoms with van der Waals surface area (Å²) >= 11 is 0. The molecule has 1 heterocycles. The summed E-state index contributed by atoms with van der Waals surface area (Å²) in [5, 5.41) is 20.2. The molecule has 48 valence electrons. The molecule has 7 nitrogen and oxygen atoms in total. The summed E-state index contributed by atoms with van der Waals surface area (Å²) < 4.78 is 0. The third-order valence-electron chi connectivity index (χ3n) is 0.749. The van der Waals surface area contributed by atoms with Gasteiger partial charge >= 0.3 is 11.8 Å². The number of hydrogen-bond acceptors (Lipinski definition) is 6. The van der Waals surface area contributed by atoms with E-state index in [2.05, 4.69) is 20.7 Å². The number of carbonyl (C=O) groups is 1. The maximum absolute atomic E-state index is 10.1.